The summed E-state index contributed by atoms with van der Waals surface area (Å²) >= 11 is 0. The van der Waals surface area contributed by atoms with Gasteiger partial charge in [0.25, 0.3) is 0 Å². The third-order valence-corrected chi connectivity index (χ3v) is 10.7. The van der Waals surface area contributed by atoms with Gasteiger partial charge in [-0.25, -0.2) is 4.79 Å². The van der Waals surface area contributed by atoms with Crippen LogP contribution in [-0.4, -0.2) is 33.4 Å². The fraction of sp³-hybridized carbons (Fsp3) is 0.733. The number of hydrogen-bond donors (Lipinski definition) is 3. The van der Waals surface area contributed by atoms with E-state index in [0.29, 0.717) is 30.3 Å². The van der Waals surface area contributed by atoms with Crippen molar-refractivity contribution in [3.8, 4) is 0 Å². The molecule has 0 radical (unpaired) electrons. The Morgan fingerprint density at radius 1 is 1.20 bits per heavy atom. The Bertz CT molecular complexity index is 931. The molecule has 0 aromatic carbocycles. The fourth-order valence-corrected chi connectivity index (χ4v) is 8.55. The first-order chi connectivity index (χ1) is 16.2. The highest BCUT2D eigenvalue weighted by Crippen LogP contribution is 2.71. The number of fused-ring (bicyclic) bond motifs is 3. The van der Waals surface area contributed by atoms with E-state index >= 15 is 0 Å². The van der Waals surface area contributed by atoms with Gasteiger partial charge in [0.15, 0.2) is 0 Å². The topological polar surface area (TPSA) is 94.8 Å². The number of aliphatic carboxylic acids is 2. The number of carboxylic acids is 2. The maximum Gasteiger partial charge on any atom is 0.330 e. The molecule has 3 aliphatic rings. The highest BCUT2D eigenvalue weighted by atomic mass is 16.4. The van der Waals surface area contributed by atoms with Crippen molar-refractivity contribution >= 4 is 11.9 Å². The van der Waals surface area contributed by atoms with Crippen LogP contribution in [0, 0.1) is 39.9 Å². The Balaban J connectivity index is 1.93. The molecule has 196 valence electrons. The third kappa shape index (κ3) is 4.65. The van der Waals surface area contributed by atoms with Crippen LogP contribution in [0.1, 0.15) is 92.9 Å². The van der Waals surface area contributed by atoms with Gasteiger partial charge in [0.05, 0.1) is 6.10 Å². The van der Waals surface area contributed by atoms with Crippen LogP contribution in [0.3, 0.4) is 0 Å². The van der Waals surface area contributed by atoms with Gasteiger partial charge in [0.2, 0.25) is 0 Å². The summed E-state index contributed by atoms with van der Waals surface area (Å²) in [5.41, 5.74) is 2.43. The first-order valence-electron chi connectivity index (χ1n) is 13.3. The minimum atomic E-state index is -0.849. The molecule has 3 rings (SSSR count). The summed E-state index contributed by atoms with van der Waals surface area (Å²) in [5, 5.41) is 30.0. The molecule has 0 spiro atoms. The van der Waals surface area contributed by atoms with Crippen LogP contribution in [-0.2, 0) is 9.59 Å². The second kappa shape index (κ2) is 9.88. The van der Waals surface area contributed by atoms with Gasteiger partial charge in [-0.3, -0.25) is 4.79 Å². The van der Waals surface area contributed by atoms with Gasteiger partial charge in [-0.15, -0.1) is 0 Å². The van der Waals surface area contributed by atoms with Crippen LogP contribution < -0.4 is 0 Å². The molecule has 0 aliphatic heterocycles. The maximum absolute atomic E-state index is 11.5. The summed E-state index contributed by atoms with van der Waals surface area (Å²) in [6, 6.07) is 0. The number of carboxylic acid groups (broad SMARTS) is 2. The molecule has 35 heavy (non-hydrogen) atoms. The van der Waals surface area contributed by atoms with Gasteiger partial charge in [-0.1, -0.05) is 57.6 Å². The fourth-order valence-electron chi connectivity index (χ4n) is 8.55. The number of aliphatic hydroxyl groups excluding tert-OH is 1. The molecule has 0 amide bonds. The van der Waals surface area contributed by atoms with Crippen LogP contribution in [0.25, 0.3) is 0 Å². The molecule has 2 saturated carbocycles. The predicted molar refractivity (Wildman–Crippen MR) is 139 cm³/mol. The van der Waals surface area contributed by atoms with Crippen molar-refractivity contribution in [2.45, 2.75) is 99.0 Å². The first-order valence-corrected chi connectivity index (χ1v) is 13.3. The lowest BCUT2D eigenvalue weighted by atomic mass is 9.44. The van der Waals surface area contributed by atoms with E-state index in [1.165, 1.54) is 5.57 Å². The lowest BCUT2D eigenvalue weighted by Crippen LogP contribution is -2.55. The van der Waals surface area contributed by atoms with E-state index in [-0.39, 0.29) is 29.1 Å². The standard InChI is InChI=1S/C30H46O5/c1-18(2)26-24(31)17-23-22(28(26,5)14-13-25(32)33)12-16-29(6)21(11-15-30(23,29)7)19(3)9-8-10-20(4)27(34)35/h10,12,19,21,23-24,26,31H,1,8-9,11,13-17H2,2-7H3,(H,32,33)(H,34,35)/t19-,21-,23-,24-,26-,28-,29-,30+/m1/s1. The molecule has 0 unspecified atom stereocenters. The minimum Gasteiger partial charge on any atom is -0.481 e. The lowest BCUT2D eigenvalue weighted by Gasteiger charge is -2.61. The van der Waals surface area contributed by atoms with Crippen molar-refractivity contribution in [1.82, 2.24) is 0 Å². The molecule has 8 atom stereocenters. The number of rotatable bonds is 9. The van der Waals surface area contributed by atoms with Crippen molar-refractivity contribution in [2.75, 3.05) is 0 Å². The molecule has 0 aromatic rings. The van der Waals surface area contributed by atoms with Gasteiger partial charge in [-0.05, 0) is 92.8 Å². The summed E-state index contributed by atoms with van der Waals surface area (Å²) in [6.45, 7) is 17.1. The van der Waals surface area contributed by atoms with E-state index in [4.69, 9.17) is 5.11 Å². The van der Waals surface area contributed by atoms with Gasteiger partial charge < -0.3 is 15.3 Å². The van der Waals surface area contributed by atoms with Gasteiger partial charge >= 0.3 is 11.9 Å². The molecule has 0 saturated heterocycles. The van der Waals surface area contributed by atoms with E-state index in [0.717, 1.165) is 37.7 Å². The predicted octanol–water partition coefficient (Wildman–Crippen LogP) is 6.63. The van der Waals surface area contributed by atoms with E-state index in [1.54, 1.807) is 6.92 Å². The second-order valence-corrected chi connectivity index (χ2v) is 12.6. The van der Waals surface area contributed by atoms with Crippen LogP contribution in [0.5, 0.6) is 0 Å². The van der Waals surface area contributed by atoms with Crippen LogP contribution in [0.15, 0.2) is 35.5 Å². The highest BCUT2D eigenvalue weighted by molar-refractivity contribution is 5.85. The lowest BCUT2D eigenvalue weighted by molar-refractivity contribution is -0.138. The Morgan fingerprint density at radius 3 is 2.43 bits per heavy atom. The summed E-state index contributed by atoms with van der Waals surface area (Å²) in [7, 11) is 0. The number of carbonyl (C=O) groups is 2. The zero-order valence-electron chi connectivity index (χ0n) is 22.6. The van der Waals surface area contributed by atoms with E-state index in [9.17, 15) is 19.8 Å². The smallest absolute Gasteiger partial charge is 0.330 e. The van der Waals surface area contributed by atoms with Crippen molar-refractivity contribution in [3.05, 3.63) is 35.5 Å². The Morgan fingerprint density at radius 2 is 1.86 bits per heavy atom. The van der Waals surface area contributed by atoms with Crippen LogP contribution >= 0.6 is 0 Å². The second-order valence-electron chi connectivity index (χ2n) is 12.6. The highest BCUT2D eigenvalue weighted by Gasteiger charge is 2.64. The molecule has 0 bridgehead atoms. The first kappa shape index (κ1) is 27.7. The average molecular weight is 487 g/mol. The molecule has 3 N–H and O–H groups in total. The summed E-state index contributed by atoms with van der Waals surface area (Å²) in [6.07, 6.45) is 10.0. The maximum atomic E-state index is 11.5. The molecule has 2 fully saturated rings. The van der Waals surface area contributed by atoms with E-state index < -0.39 is 23.5 Å². The monoisotopic (exact) mass is 486 g/mol. The van der Waals surface area contributed by atoms with Crippen molar-refractivity contribution in [1.29, 1.82) is 0 Å². The van der Waals surface area contributed by atoms with Crippen molar-refractivity contribution < 1.29 is 24.9 Å². The van der Waals surface area contributed by atoms with E-state index in [2.05, 4.69) is 40.3 Å². The normalized spacial score (nSPS) is 39.9. The van der Waals surface area contributed by atoms with Crippen molar-refractivity contribution in [2.24, 2.45) is 39.9 Å². The SMILES string of the molecule is C=C(C)[C@@H]1[C@H](O)C[C@@H]2C(=CC[C@]3(C)[C@@H]([C@H](C)CCC=C(C)C(=O)O)CC[C@@]23C)[C@@]1(C)CCC(=O)O. The molecule has 5 nitrogen and oxygen atoms in total. The van der Waals surface area contributed by atoms with Gasteiger partial charge in [0, 0.05) is 17.9 Å². The van der Waals surface area contributed by atoms with Gasteiger partial charge in [-0.2, -0.15) is 0 Å². The van der Waals surface area contributed by atoms with Gasteiger partial charge in [0.1, 0.15) is 0 Å². The molecular weight excluding hydrogens is 440 g/mol. The summed E-state index contributed by atoms with van der Waals surface area (Å²) in [4.78, 5) is 22.7. The summed E-state index contributed by atoms with van der Waals surface area (Å²) in [5.74, 6) is -0.528. The van der Waals surface area contributed by atoms with Crippen LogP contribution in [0.4, 0.5) is 0 Å². The average Bonchev–Trinajstić information content (AvgIpc) is 3.03. The number of allylic oxidation sites excluding steroid dienone is 3. The number of hydrogen-bond acceptors (Lipinski definition) is 3. The zero-order chi connectivity index (χ0) is 26.3. The minimum absolute atomic E-state index is 0.0361. The molecule has 3 aliphatic carbocycles. The Labute approximate surface area is 211 Å². The third-order valence-electron chi connectivity index (χ3n) is 10.7. The Hall–Kier alpha value is -1.88. The Kier molecular flexibility index (Phi) is 7.82. The largest absolute Gasteiger partial charge is 0.481 e. The molecular formula is C30H46O5. The molecule has 0 aromatic heterocycles. The van der Waals surface area contributed by atoms with E-state index in [1.807, 2.05) is 13.0 Å². The zero-order valence-corrected chi connectivity index (χ0v) is 22.6. The van der Waals surface area contributed by atoms with Crippen molar-refractivity contribution in [3.63, 3.8) is 0 Å². The number of aliphatic hydroxyl groups is 1. The molecule has 0 heterocycles. The van der Waals surface area contributed by atoms with Crippen LogP contribution in [0.2, 0.25) is 0 Å². The quantitative estimate of drug-likeness (QED) is 0.251. The summed E-state index contributed by atoms with van der Waals surface area (Å²) < 4.78 is 0. The molecule has 5 heteroatoms.